The van der Waals surface area contributed by atoms with Crippen molar-refractivity contribution in [3.63, 3.8) is 0 Å². The van der Waals surface area contributed by atoms with E-state index in [1.54, 1.807) is 6.20 Å². The first-order valence-corrected chi connectivity index (χ1v) is 5.95. The Kier molecular flexibility index (Phi) is 3.41. The number of aryl methyl sites for hydroxylation is 1. The molecule has 0 saturated heterocycles. The molecule has 1 atom stereocenters. The third-order valence-corrected chi connectivity index (χ3v) is 3.45. The van der Waals surface area contributed by atoms with Crippen molar-refractivity contribution in [2.45, 2.75) is 5.92 Å². The molecule has 0 saturated carbocycles. The largest absolute Gasteiger partial charge is 0.329 e. The maximum absolute atomic E-state index is 5.87. The van der Waals surface area contributed by atoms with Gasteiger partial charge in [-0.05, 0) is 17.7 Å². The number of halogens is 1. The minimum Gasteiger partial charge on any atom is -0.329 e. The van der Waals surface area contributed by atoms with Crippen LogP contribution in [0.25, 0.3) is 0 Å². The van der Waals surface area contributed by atoms with Crippen LogP contribution in [0.2, 0.25) is 0 Å². The van der Waals surface area contributed by atoms with Gasteiger partial charge in [0.1, 0.15) is 0 Å². The Morgan fingerprint density at radius 1 is 1.38 bits per heavy atom. The van der Waals surface area contributed by atoms with Crippen LogP contribution in [0.3, 0.4) is 0 Å². The summed E-state index contributed by atoms with van der Waals surface area (Å²) in [4.78, 5) is 0. The third-order valence-electron chi connectivity index (χ3n) is 2.73. The van der Waals surface area contributed by atoms with E-state index >= 15 is 0 Å². The molecule has 0 aliphatic rings. The molecule has 0 aliphatic heterocycles. The van der Waals surface area contributed by atoms with Gasteiger partial charge in [0.25, 0.3) is 0 Å². The summed E-state index contributed by atoms with van der Waals surface area (Å²) in [6.45, 7) is 0.572. The van der Waals surface area contributed by atoms with Gasteiger partial charge in [-0.15, -0.1) is 0 Å². The predicted molar refractivity (Wildman–Crippen MR) is 68.2 cm³/mol. The molecule has 0 fully saturated rings. The maximum atomic E-state index is 5.87. The Labute approximate surface area is 103 Å². The van der Waals surface area contributed by atoms with Crippen molar-refractivity contribution in [1.29, 1.82) is 0 Å². The quantitative estimate of drug-likeness (QED) is 0.937. The molecule has 0 amide bonds. The number of hydrogen-bond acceptors (Lipinski definition) is 2. The number of hydrogen-bond donors (Lipinski definition) is 1. The van der Waals surface area contributed by atoms with Gasteiger partial charge in [-0.25, -0.2) is 0 Å². The summed E-state index contributed by atoms with van der Waals surface area (Å²) in [5, 5.41) is 4.19. The van der Waals surface area contributed by atoms with Gasteiger partial charge in [-0.2, -0.15) is 5.10 Å². The standard InChI is InChI=1S/C12H14BrN3/c1-16-12(6-7-15-16)10(8-14)9-4-2-3-5-11(9)13/h2-7,10H,8,14H2,1H3. The van der Waals surface area contributed by atoms with E-state index in [-0.39, 0.29) is 5.92 Å². The van der Waals surface area contributed by atoms with E-state index in [1.807, 2.05) is 36.0 Å². The molecule has 1 unspecified atom stereocenters. The number of nitrogens with two attached hydrogens (primary N) is 1. The molecule has 1 heterocycles. The minimum absolute atomic E-state index is 0.183. The summed E-state index contributed by atoms with van der Waals surface area (Å²) >= 11 is 3.56. The lowest BCUT2D eigenvalue weighted by molar-refractivity contribution is 0.662. The number of nitrogens with zero attached hydrogens (tertiary/aromatic N) is 2. The van der Waals surface area contributed by atoms with E-state index in [9.17, 15) is 0 Å². The van der Waals surface area contributed by atoms with Crippen LogP contribution in [-0.4, -0.2) is 16.3 Å². The number of benzene rings is 1. The highest BCUT2D eigenvalue weighted by Gasteiger charge is 2.17. The number of aromatic nitrogens is 2. The zero-order valence-electron chi connectivity index (χ0n) is 9.10. The first-order chi connectivity index (χ1) is 7.74. The normalized spacial score (nSPS) is 12.7. The average Bonchev–Trinajstić information content (AvgIpc) is 2.69. The van der Waals surface area contributed by atoms with E-state index in [0.29, 0.717) is 6.54 Å². The molecule has 1 aromatic carbocycles. The second kappa shape index (κ2) is 4.80. The molecule has 2 aromatic rings. The molecule has 16 heavy (non-hydrogen) atoms. The second-order valence-corrected chi connectivity index (χ2v) is 4.54. The summed E-state index contributed by atoms with van der Waals surface area (Å²) in [6, 6.07) is 10.2. The molecule has 1 aromatic heterocycles. The molecule has 0 aliphatic carbocycles. The predicted octanol–water partition coefficient (Wildman–Crippen LogP) is 2.27. The smallest absolute Gasteiger partial charge is 0.0492 e. The first kappa shape index (κ1) is 11.4. The average molecular weight is 280 g/mol. The van der Waals surface area contributed by atoms with Gasteiger partial charge in [0.15, 0.2) is 0 Å². The van der Waals surface area contributed by atoms with Crippen LogP contribution in [0, 0.1) is 0 Å². The van der Waals surface area contributed by atoms with Gasteiger partial charge in [0, 0.05) is 35.9 Å². The van der Waals surface area contributed by atoms with E-state index < -0.39 is 0 Å². The van der Waals surface area contributed by atoms with Crippen molar-refractivity contribution in [2.75, 3.05) is 6.54 Å². The first-order valence-electron chi connectivity index (χ1n) is 5.16. The Hall–Kier alpha value is -1.13. The number of rotatable bonds is 3. The summed E-state index contributed by atoms with van der Waals surface area (Å²) in [6.07, 6.45) is 1.80. The summed E-state index contributed by atoms with van der Waals surface area (Å²) in [5.74, 6) is 0.183. The fourth-order valence-electron chi connectivity index (χ4n) is 1.89. The van der Waals surface area contributed by atoms with Gasteiger partial charge >= 0.3 is 0 Å². The zero-order valence-corrected chi connectivity index (χ0v) is 10.7. The van der Waals surface area contributed by atoms with Crippen molar-refractivity contribution in [2.24, 2.45) is 12.8 Å². The monoisotopic (exact) mass is 279 g/mol. The molecular weight excluding hydrogens is 266 g/mol. The van der Waals surface area contributed by atoms with Crippen molar-refractivity contribution in [1.82, 2.24) is 9.78 Å². The van der Waals surface area contributed by atoms with Crippen molar-refractivity contribution in [3.8, 4) is 0 Å². The Morgan fingerprint density at radius 2 is 2.12 bits per heavy atom. The van der Waals surface area contributed by atoms with Crippen LogP contribution in [0.15, 0.2) is 41.0 Å². The molecule has 2 N–H and O–H groups in total. The lowest BCUT2D eigenvalue weighted by atomic mass is 9.96. The Morgan fingerprint density at radius 3 is 2.69 bits per heavy atom. The minimum atomic E-state index is 0.183. The van der Waals surface area contributed by atoms with Crippen LogP contribution >= 0.6 is 15.9 Å². The highest BCUT2D eigenvalue weighted by molar-refractivity contribution is 9.10. The molecule has 84 valence electrons. The Balaban J connectivity index is 2.45. The SMILES string of the molecule is Cn1nccc1C(CN)c1ccccc1Br. The molecule has 4 heteroatoms. The van der Waals surface area contributed by atoms with Crippen molar-refractivity contribution in [3.05, 3.63) is 52.3 Å². The molecule has 0 bridgehead atoms. The third kappa shape index (κ3) is 2.03. The topological polar surface area (TPSA) is 43.8 Å². The molecule has 2 rings (SSSR count). The van der Waals surface area contributed by atoms with E-state index in [4.69, 9.17) is 5.73 Å². The summed E-state index contributed by atoms with van der Waals surface area (Å²) < 4.78 is 2.96. The van der Waals surface area contributed by atoms with E-state index in [1.165, 1.54) is 5.56 Å². The zero-order chi connectivity index (χ0) is 11.5. The molecule has 3 nitrogen and oxygen atoms in total. The van der Waals surface area contributed by atoms with Gasteiger partial charge < -0.3 is 5.73 Å². The van der Waals surface area contributed by atoms with Crippen LogP contribution < -0.4 is 5.73 Å². The highest BCUT2D eigenvalue weighted by atomic mass is 79.9. The second-order valence-electron chi connectivity index (χ2n) is 3.69. The summed E-state index contributed by atoms with van der Waals surface area (Å²) in [5.41, 5.74) is 8.21. The molecule has 0 radical (unpaired) electrons. The van der Waals surface area contributed by atoms with Crippen LogP contribution in [0.4, 0.5) is 0 Å². The highest BCUT2D eigenvalue weighted by Crippen LogP contribution is 2.29. The van der Waals surface area contributed by atoms with Crippen molar-refractivity contribution < 1.29 is 0 Å². The van der Waals surface area contributed by atoms with E-state index in [0.717, 1.165) is 10.2 Å². The fraction of sp³-hybridized carbons (Fsp3) is 0.250. The van der Waals surface area contributed by atoms with Gasteiger partial charge in [-0.1, -0.05) is 34.1 Å². The van der Waals surface area contributed by atoms with Crippen LogP contribution in [-0.2, 0) is 7.05 Å². The summed E-state index contributed by atoms with van der Waals surface area (Å²) in [7, 11) is 1.94. The fourth-order valence-corrected chi connectivity index (χ4v) is 2.45. The van der Waals surface area contributed by atoms with Crippen LogP contribution in [0.5, 0.6) is 0 Å². The molecule has 0 spiro atoms. The van der Waals surface area contributed by atoms with Crippen molar-refractivity contribution >= 4 is 15.9 Å². The van der Waals surface area contributed by atoms with Crippen LogP contribution in [0.1, 0.15) is 17.2 Å². The Bertz CT molecular complexity index is 479. The molecular formula is C12H14BrN3. The van der Waals surface area contributed by atoms with E-state index in [2.05, 4.69) is 27.1 Å². The van der Waals surface area contributed by atoms with Gasteiger partial charge in [-0.3, -0.25) is 4.68 Å². The maximum Gasteiger partial charge on any atom is 0.0492 e. The van der Waals surface area contributed by atoms with Gasteiger partial charge in [0.2, 0.25) is 0 Å². The van der Waals surface area contributed by atoms with Gasteiger partial charge in [0.05, 0.1) is 0 Å². The lowest BCUT2D eigenvalue weighted by Gasteiger charge is -2.17. The lowest BCUT2D eigenvalue weighted by Crippen LogP contribution is -2.17.